The van der Waals surface area contributed by atoms with Gasteiger partial charge in [-0.05, 0) is 212 Å². The molecule has 0 N–H and O–H groups in total. The minimum atomic E-state index is 0.170. The first kappa shape index (κ1) is 67.8. The number of aryl methyl sites for hydroxylation is 5. The van der Waals surface area contributed by atoms with Crippen molar-refractivity contribution in [2.24, 2.45) is 0 Å². The Bertz CT molecular complexity index is 4550. The van der Waals surface area contributed by atoms with Gasteiger partial charge >= 0.3 is 0 Å². The van der Waals surface area contributed by atoms with Crippen LogP contribution in [0, 0.1) is 34.6 Å². The predicted octanol–water partition coefficient (Wildman–Crippen LogP) is 22.0. The number of rotatable bonds is 8. The SMILES string of the molecule is Cc1ccccc1N1C=CN(c2ccccc2)[C@@H]1C.Cc1ccccc1N1c2ccccc2N(C)[C@@H]1C.Cc1ccccc1N1c2ccccc2N(c2ccccc2)[C@@H]1C.Cc1ccccc1N1c2cccnc2N(C)[C@@H]1C.Cc1ccccc1N1c2cccnc2N(c2ccccc2)[C@@H]1C. The molecule has 5 aliphatic heterocycles. The van der Waals surface area contributed by atoms with Gasteiger partial charge in [0.1, 0.15) is 30.8 Å². The van der Waals surface area contributed by atoms with Crippen LogP contribution in [0.4, 0.5) is 91.3 Å². The van der Waals surface area contributed by atoms with Gasteiger partial charge in [-0.25, -0.2) is 9.97 Å². The third kappa shape index (κ3) is 13.5. The van der Waals surface area contributed by atoms with E-state index >= 15 is 0 Å². The molecular weight excluding hydrogens is 1240 g/mol. The van der Waals surface area contributed by atoms with Crippen LogP contribution in [-0.2, 0) is 0 Å². The van der Waals surface area contributed by atoms with Crippen LogP contribution in [0.1, 0.15) is 62.4 Å². The lowest BCUT2D eigenvalue weighted by Crippen LogP contribution is -2.36. The first-order chi connectivity index (χ1) is 49.2. The molecule has 7 heterocycles. The van der Waals surface area contributed by atoms with Crippen molar-refractivity contribution in [2.75, 3.05) is 63.1 Å². The first-order valence-corrected chi connectivity index (χ1v) is 35.2. The van der Waals surface area contributed by atoms with Crippen LogP contribution in [0.25, 0.3) is 0 Å². The number of aromatic nitrogens is 2. The number of pyridine rings is 2. The topological polar surface area (TPSA) is 58.2 Å². The highest BCUT2D eigenvalue weighted by molar-refractivity contribution is 5.90. The zero-order chi connectivity index (χ0) is 70.3. The largest absolute Gasteiger partial charge is 0.353 e. The summed E-state index contributed by atoms with van der Waals surface area (Å²) < 4.78 is 0. The zero-order valence-electron chi connectivity index (χ0n) is 60.2. The van der Waals surface area contributed by atoms with E-state index in [0.717, 1.165) is 23.0 Å². The lowest BCUT2D eigenvalue weighted by Gasteiger charge is -2.31. The van der Waals surface area contributed by atoms with Gasteiger partial charge < -0.3 is 49.0 Å². The summed E-state index contributed by atoms with van der Waals surface area (Å²) in [6.07, 6.45) is 9.35. The normalized spacial score (nSPS) is 17.4. The average Bonchev–Trinajstić information content (AvgIpc) is 1.63. The van der Waals surface area contributed by atoms with E-state index in [4.69, 9.17) is 0 Å². The molecule has 17 rings (SSSR count). The van der Waals surface area contributed by atoms with Gasteiger partial charge in [-0.1, -0.05) is 170 Å². The summed E-state index contributed by atoms with van der Waals surface area (Å²) >= 11 is 0. The molecule has 101 heavy (non-hydrogen) atoms. The van der Waals surface area contributed by atoms with Crippen LogP contribution in [0.15, 0.2) is 310 Å². The van der Waals surface area contributed by atoms with E-state index in [1.807, 2.05) is 36.7 Å². The van der Waals surface area contributed by atoms with Crippen LogP contribution >= 0.6 is 0 Å². The van der Waals surface area contributed by atoms with Crippen molar-refractivity contribution >= 4 is 91.3 Å². The monoisotopic (exact) mass is 1330 g/mol. The summed E-state index contributed by atoms with van der Waals surface area (Å²) in [5, 5.41) is 0. The van der Waals surface area contributed by atoms with Crippen LogP contribution in [0.3, 0.4) is 0 Å². The molecule has 0 spiro atoms. The molecule has 0 unspecified atom stereocenters. The van der Waals surface area contributed by atoms with Gasteiger partial charge in [0.05, 0.1) is 34.1 Å². The van der Waals surface area contributed by atoms with Crippen molar-refractivity contribution in [1.82, 2.24) is 9.97 Å². The Morgan fingerprint density at radius 1 is 0.218 bits per heavy atom. The minimum Gasteiger partial charge on any atom is -0.353 e. The first-order valence-electron chi connectivity index (χ1n) is 35.2. The molecule has 0 radical (unpaired) electrons. The standard InChI is InChI=1S/C21H20N2.C20H19N3.C17H18N2.C16H18N2.C15H17N3/c1-16-10-6-7-13-19(16)23-17(2)22(18-11-4-3-5-12-18)20-14-8-9-15-21(20)23;1-15-9-6-7-12-18(15)23-16(2)22(17-10-4-3-5-11-17)20-19(23)13-8-14-21-20;1-14-8-6-7-11-17(14)19-13-12-18(15(19)2)16-9-4-3-5-10-16;1-12-8-4-5-9-14(12)18-13(2)17(3)15-10-6-7-11-16(15)18;1-11-7-4-5-8-13(11)18-12(2)17(3)15-14(18)9-6-10-16-15/h3-15,17H,1-2H3;3-14,16H,1-2H3;3-13,15H,1-2H3;4-11,13H,1-3H3;4-10,12H,1-3H3/t17-;16-;15-;13-;12-/m00000/s1. The highest BCUT2D eigenvalue weighted by Crippen LogP contribution is 2.50. The van der Waals surface area contributed by atoms with Gasteiger partial charge in [-0.15, -0.1) is 0 Å². The number of para-hydroxylation sites is 12. The molecule has 508 valence electrons. The second-order valence-corrected chi connectivity index (χ2v) is 26.3. The number of nitrogens with zero attached hydrogens (tertiary/aromatic N) is 12. The van der Waals surface area contributed by atoms with Crippen molar-refractivity contribution in [1.29, 1.82) is 0 Å². The zero-order valence-corrected chi connectivity index (χ0v) is 60.2. The van der Waals surface area contributed by atoms with Crippen LogP contribution in [-0.4, -0.2) is 54.9 Å². The van der Waals surface area contributed by atoms with Gasteiger partial charge in [-0.2, -0.15) is 0 Å². The van der Waals surface area contributed by atoms with E-state index < -0.39 is 0 Å². The Labute approximate surface area is 598 Å². The van der Waals surface area contributed by atoms with E-state index in [1.165, 1.54) is 96.1 Å². The summed E-state index contributed by atoms with van der Waals surface area (Å²) in [4.78, 5) is 32.5. The molecule has 12 nitrogen and oxygen atoms in total. The second-order valence-electron chi connectivity index (χ2n) is 26.3. The van der Waals surface area contributed by atoms with E-state index in [-0.39, 0.29) is 18.5 Å². The van der Waals surface area contributed by atoms with Gasteiger partial charge in [0, 0.05) is 84.4 Å². The van der Waals surface area contributed by atoms with Crippen LogP contribution in [0.5, 0.6) is 0 Å². The molecule has 0 fully saturated rings. The van der Waals surface area contributed by atoms with Gasteiger partial charge in [-0.3, -0.25) is 0 Å². The molecule has 0 saturated heterocycles. The summed E-state index contributed by atoms with van der Waals surface area (Å²) in [5.74, 6) is 2.06. The molecule has 5 aliphatic rings. The van der Waals surface area contributed by atoms with Gasteiger partial charge in [0.15, 0.2) is 11.6 Å². The quantitative estimate of drug-likeness (QED) is 0.146. The Kier molecular flexibility index (Phi) is 20.2. The Balaban J connectivity index is 0.000000113. The third-order valence-corrected chi connectivity index (χ3v) is 20.1. The van der Waals surface area contributed by atoms with Crippen molar-refractivity contribution < 1.29 is 0 Å². The van der Waals surface area contributed by atoms with Gasteiger partial charge in [0.2, 0.25) is 0 Å². The van der Waals surface area contributed by atoms with E-state index in [1.54, 1.807) is 0 Å². The Morgan fingerprint density at radius 2 is 0.505 bits per heavy atom. The fourth-order valence-electron chi connectivity index (χ4n) is 14.7. The number of benzene rings is 10. The summed E-state index contributed by atoms with van der Waals surface area (Å²) in [6, 6.07) is 99.7. The predicted molar refractivity (Wildman–Crippen MR) is 428 cm³/mol. The number of fused-ring (bicyclic) bond motifs is 4. The van der Waals surface area contributed by atoms with E-state index in [2.05, 4.69) is 416 Å². The molecular formula is C89H92N12. The highest BCUT2D eigenvalue weighted by atomic mass is 15.5. The van der Waals surface area contributed by atoms with Crippen molar-refractivity contribution in [2.45, 2.75) is 100 Å². The van der Waals surface area contributed by atoms with Crippen molar-refractivity contribution in [3.63, 3.8) is 0 Å². The lowest BCUT2D eigenvalue weighted by atomic mass is 10.1. The maximum Gasteiger partial charge on any atom is 0.158 e. The summed E-state index contributed by atoms with van der Waals surface area (Å²) in [7, 11) is 4.25. The lowest BCUT2D eigenvalue weighted by molar-refractivity contribution is 0.728. The van der Waals surface area contributed by atoms with Crippen molar-refractivity contribution in [3.8, 4) is 0 Å². The Hall–Kier alpha value is -11.8. The second kappa shape index (κ2) is 30.2. The summed E-state index contributed by atoms with van der Waals surface area (Å²) in [5.41, 5.74) is 23.8. The number of hydrogen-bond donors (Lipinski definition) is 0. The molecule has 0 bridgehead atoms. The smallest absolute Gasteiger partial charge is 0.158 e. The average molecular weight is 1330 g/mol. The maximum absolute atomic E-state index is 4.66. The molecule has 12 aromatic rings. The molecule has 0 saturated carbocycles. The molecule has 0 aliphatic carbocycles. The fraction of sp³-hybridized carbons (Fsp3) is 0.191. The van der Waals surface area contributed by atoms with Gasteiger partial charge in [0.25, 0.3) is 0 Å². The molecule has 10 aromatic carbocycles. The molecule has 12 heteroatoms. The van der Waals surface area contributed by atoms with Crippen LogP contribution in [0.2, 0.25) is 0 Å². The fourth-order valence-corrected chi connectivity index (χ4v) is 14.7. The number of hydrogen-bond acceptors (Lipinski definition) is 12. The minimum absolute atomic E-state index is 0.170. The molecule has 0 amide bonds. The summed E-state index contributed by atoms with van der Waals surface area (Å²) in [6.45, 7) is 22.0. The van der Waals surface area contributed by atoms with Crippen molar-refractivity contribution in [3.05, 3.63) is 338 Å². The molecule has 2 aromatic heterocycles. The van der Waals surface area contributed by atoms with Crippen LogP contribution < -0.4 is 49.0 Å². The van der Waals surface area contributed by atoms with E-state index in [9.17, 15) is 0 Å². The molecule has 5 atom stereocenters. The number of anilines is 16. The third-order valence-electron chi connectivity index (χ3n) is 20.1. The maximum atomic E-state index is 4.66. The Morgan fingerprint density at radius 3 is 0.960 bits per heavy atom. The van der Waals surface area contributed by atoms with E-state index in [0.29, 0.717) is 12.3 Å². The highest BCUT2D eigenvalue weighted by Gasteiger charge is 2.38.